The molecule has 2 fully saturated rings. The van der Waals surface area contributed by atoms with E-state index in [4.69, 9.17) is 25.8 Å². The number of imide groups is 2. The van der Waals surface area contributed by atoms with Crippen molar-refractivity contribution >= 4 is 57.6 Å². The van der Waals surface area contributed by atoms with E-state index in [0.29, 0.717) is 39.7 Å². The first-order valence-electron chi connectivity index (χ1n) is 10.3. The lowest BCUT2D eigenvalue weighted by Gasteiger charge is -2.55. The summed E-state index contributed by atoms with van der Waals surface area (Å²) in [4.78, 5) is 49.9. The number of anilines is 1. The zero-order valence-corrected chi connectivity index (χ0v) is 19.0. The van der Waals surface area contributed by atoms with Crippen molar-refractivity contribution in [1.82, 2.24) is 25.8 Å². The number of nitrogens with one attached hydrogen (secondary N) is 2. The molecule has 0 bridgehead atoms. The van der Waals surface area contributed by atoms with Gasteiger partial charge in [-0.05, 0) is 13.8 Å². The fourth-order valence-electron chi connectivity index (χ4n) is 5.25. The van der Waals surface area contributed by atoms with Crippen LogP contribution in [0.4, 0.5) is 10.5 Å². The molecule has 0 unspecified atom stereocenters. The van der Waals surface area contributed by atoms with Crippen LogP contribution in [0.5, 0.6) is 0 Å². The van der Waals surface area contributed by atoms with Crippen molar-refractivity contribution in [2.75, 3.05) is 11.4 Å². The van der Waals surface area contributed by atoms with E-state index in [2.05, 4.69) is 20.8 Å². The maximum Gasteiger partial charge on any atom is 0.328 e. The van der Waals surface area contributed by atoms with Gasteiger partial charge in [0.15, 0.2) is 11.1 Å². The van der Waals surface area contributed by atoms with Gasteiger partial charge in [-0.2, -0.15) is 0 Å². The Hall–Kier alpha value is -3.09. The molecule has 13 heteroatoms. The smallest absolute Gasteiger partial charge is 0.328 e. The second kappa shape index (κ2) is 6.95. The molecule has 11 nitrogen and oxygen atoms in total. The Labute approximate surface area is 195 Å². The van der Waals surface area contributed by atoms with Gasteiger partial charge in [0.2, 0.25) is 17.4 Å². The summed E-state index contributed by atoms with van der Waals surface area (Å²) in [5.74, 6) is -1.37. The summed E-state index contributed by atoms with van der Waals surface area (Å²) in [5, 5.41) is 8.96. The van der Waals surface area contributed by atoms with Crippen molar-refractivity contribution in [2.24, 2.45) is 5.41 Å². The second-order valence-electron chi connectivity index (χ2n) is 8.43. The van der Waals surface area contributed by atoms with Crippen molar-refractivity contribution in [2.45, 2.75) is 38.5 Å². The molecule has 3 aliphatic rings. The summed E-state index contributed by atoms with van der Waals surface area (Å²) in [6.45, 7) is 4.06. The van der Waals surface area contributed by atoms with Crippen molar-refractivity contribution in [1.29, 1.82) is 0 Å². The number of pyridine rings is 1. The highest BCUT2D eigenvalue weighted by molar-refractivity contribution is 7.13. The monoisotopic (exact) mass is 488 g/mol. The number of urea groups is 1. The standard InChI is InChI=1S/C20H17ClN6O5S/c1-7-5-27-14-9(23-13-12(10-4-22-6-33-10)26-32-15(13)11(14)21)3-20(16(27)8(2)31-7)17(28)24-19(30)25-18(20)29/h4,6-8,16H,3,5H2,1-2H3,(H2,24,25,28,29,30)/t7-,8+,16-/m1/s1. The number of aromatic nitrogens is 3. The lowest BCUT2D eigenvalue weighted by atomic mass is 9.67. The normalized spacial score (nSPS) is 26.2. The quantitative estimate of drug-likeness (QED) is 0.491. The highest BCUT2D eigenvalue weighted by Gasteiger charge is 2.63. The predicted octanol–water partition coefficient (Wildman–Crippen LogP) is 1.89. The second-order valence-corrected chi connectivity index (χ2v) is 9.69. The summed E-state index contributed by atoms with van der Waals surface area (Å²) >= 11 is 8.22. The number of thiazole rings is 1. The Balaban J connectivity index is 1.61. The maximum absolute atomic E-state index is 13.3. The van der Waals surface area contributed by atoms with Crippen LogP contribution in [0.15, 0.2) is 16.2 Å². The number of carbonyl (C=O) groups is 3. The molecule has 33 heavy (non-hydrogen) atoms. The first-order valence-corrected chi connectivity index (χ1v) is 11.5. The molecule has 0 saturated carbocycles. The largest absolute Gasteiger partial charge is 0.372 e. The number of nitrogens with zero attached hydrogens (tertiary/aromatic N) is 4. The predicted molar refractivity (Wildman–Crippen MR) is 117 cm³/mol. The molecular weight excluding hydrogens is 472 g/mol. The van der Waals surface area contributed by atoms with Crippen molar-refractivity contribution in [3.8, 4) is 10.6 Å². The molecule has 6 rings (SSSR count). The third-order valence-electron chi connectivity index (χ3n) is 6.44. The molecule has 170 valence electrons. The first-order chi connectivity index (χ1) is 15.8. The third-order valence-corrected chi connectivity index (χ3v) is 7.58. The van der Waals surface area contributed by atoms with Crippen molar-refractivity contribution in [3.05, 3.63) is 22.4 Å². The van der Waals surface area contributed by atoms with Crippen LogP contribution >= 0.6 is 22.9 Å². The molecule has 0 aromatic carbocycles. The van der Waals surface area contributed by atoms with E-state index in [0.717, 1.165) is 4.88 Å². The number of barbiturate groups is 1. The molecule has 3 aliphatic heterocycles. The number of halogens is 1. The Kier molecular flexibility index (Phi) is 4.32. The minimum Gasteiger partial charge on any atom is -0.372 e. The Morgan fingerprint density at radius 3 is 2.70 bits per heavy atom. The lowest BCUT2D eigenvalue weighted by molar-refractivity contribution is -0.153. The average Bonchev–Trinajstić information content (AvgIpc) is 3.41. The number of morpholine rings is 1. The SMILES string of the molecule is C[C@@H]1CN2c3c(nc4c(-c5cncs5)noc4c3Cl)CC3(C(=O)NC(=O)NC3=O)[C@H]2[C@H](C)O1. The van der Waals surface area contributed by atoms with Crippen LogP contribution in [0.3, 0.4) is 0 Å². The zero-order valence-electron chi connectivity index (χ0n) is 17.4. The number of fused-ring (bicyclic) bond motifs is 5. The van der Waals surface area contributed by atoms with Gasteiger partial charge in [-0.3, -0.25) is 25.2 Å². The summed E-state index contributed by atoms with van der Waals surface area (Å²) in [5.41, 5.74) is 2.26. The summed E-state index contributed by atoms with van der Waals surface area (Å²) in [7, 11) is 0. The number of hydrogen-bond acceptors (Lipinski definition) is 10. The molecule has 2 N–H and O–H groups in total. The highest BCUT2D eigenvalue weighted by atomic mass is 35.5. The average molecular weight is 489 g/mol. The maximum atomic E-state index is 13.3. The molecule has 3 aromatic heterocycles. The van der Waals surface area contributed by atoms with E-state index >= 15 is 0 Å². The fraction of sp³-hybridized carbons (Fsp3) is 0.400. The van der Waals surface area contributed by atoms with Crippen molar-refractivity contribution < 1.29 is 23.6 Å². The van der Waals surface area contributed by atoms with Gasteiger partial charge in [0.1, 0.15) is 10.5 Å². The van der Waals surface area contributed by atoms with Gasteiger partial charge in [-0.15, -0.1) is 11.3 Å². The molecule has 4 amide bonds. The van der Waals surface area contributed by atoms with Gasteiger partial charge >= 0.3 is 6.03 Å². The molecule has 0 radical (unpaired) electrons. The van der Waals surface area contributed by atoms with E-state index in [9.17, 15) is 14.4 Å². The van der Waals surface area contributed by atoms with Crippen LogP contribution in [-0.2, 0) is 20.7 Å². The minimum absolute atomic E-state index is 0.0699. The van der Waals surface area contributed by atoms with Gasteiger partial charge < -0.3 is 14.2 Å². The third kappa shape index (κ3) is 2.71. The summed E-state index contributed by atoms with van der Waals surface area (Å²) in [6.07, 6.45) is 0.859. The van der Waals surface area contributed by atoms with E-state index < -0.39 is 35.4 Å². The number of amides is 4. The molecular formula is C20H17ClN6O5S. The van der Waals surface area contributed by atoms with E-state index in [1.165, 1.54) is 11.3 Å². The van der Waals surface area contributed by atoms with Crippen LogP contribution in [0, 0.1) is 5.41 Å². The molecule has 3 atom stereocenters. The molecule has 6 heterocycles. The van der Waals surface area contributed by atoms with Gasteiger partial charge in [-0.1, -0.05) is 16.8 Å². The Bertz CT molecular complexity index is 1320. The summed E-state index contributed by atoms with van der Waals surface area (Å²) < 4.78 is 11.6. The van der Waals surface area contributed by atoms with E-state index in [-0.39, 0.29) is 12.5 Å². The molecule has 1 spiro atoms. The van der Waals surface area contributed by atoms with Crippen LogP contribution in [0.1, 0.15) is 19.5 Å². The number of hydrogen-bond donors (Lipinski definition) is 2. The van der Waals surface area contributed by atoms with Gasteiger partial charge in [-0.25, -0.2) is 9.78 Å². The Morgan fingerprint density at radius 1 is 1.24 bits per heavy atom. The lowest BCUT2D eigenvalue weighted by Crippen LogP contribution is -2.75. The fourth-order valence-corrected chi connectivity index (χ4v) is 6.20. The van der Waals surface area contributed by atoms with Gasteiger partial charge in [0.25, 0.3) is 0 Å². The van der Waals surface area contributed by atoms with Crippen LogP contribution in [0.2, 0.25) is 5.02 Å². The summed E-state index contributed by atoms with van der Waals surface area (Å²) in [6, 6.07) is -1.56. The van der Waals surface area contributed by atoms with Crippen LogP contribution in [-0.4, -0.2) is 57.8 Å². The first kappa shape index (κ1) is 20.5. The highest BCUT2D eigenvalue weighted by Crippen LogP contribution is 2.50. The van der Waals surface area contributed by atoms with E-state index in [1.807, 2.05) is 11.8 Å². The Morgan fingerprint density at radius 2 is 2.00 bits per heavy atom. The molecule has 2 saturated heterocycles. The minimum atomic E-state index is -1.63. The van der Waals surface area contributed by atoms with Crippen LogP contribution < -0.4 is 15.5 Å². The molecule has 3 aromatic rings. The zero-order chi connectivity index (χ0) is 23.1. The topological polar surface area (TPSA) is 140 Å². The number of rotatable bonds is 1. The van der Waals surface area contributed by atoms with Gasteiger partial charge in [0, 0.05) is 19.2 Å². The van der Waals surface area contributed by atoms with Crippen molar-refractivity contribution in [3.63, 3.8) is 0 Å². The molecule has 0 aliphatic carbocycles. The number of ether oxygens (including phenoxy) is 1. The number of carbonyl (C=O) groups excluding carboxylic acids is 3. The van der Waals surface area contributed by atoms with Gasteiger partial charge in [0.05, 0.1) is 40.0 Å². The van der Waals surface area contributed by atoms with E-state index in [1.54, 1.807) is 18.6 Å². The van der Waals surface area contributed by atoms with Crippen LogP contribution in [0.25, 0.3) is 21.7 Å².